The molecule has 8 nitrogen and oxygen atoms in total. The second kappa shape index (κ2) is 10.3. The molecule has 182 valence electrons. The van der Waals surface area contributed by atoms with Crippen LogP contribution in [-0.4, -0.2) is 45.8 Å². The third-order valence-electron chi connectivity index (χ3n) is 5.00. The molecule has 0 radical (unpaired) electrons. The van der Waals surface area contributed by atoms with Gasteiger partial charge in [0.25, 0.3) is 0 Å². The number of nitrogens with zero attached hydrogens (tertiary/aromatic N) is 3. The number of aromatic nitrogens is 2. The van der Waals surface area contributed by atoms with E-state index in [-0.39, 0.29) is 35.5 Å². The van der Waals surface area contributed by atoms with Gasteiger partial charge in [-0.1, -0.05) is 20.8 Å². The summed E-state index contributed by atoms with van der Waals surface area (Å²) < 4.78 is 7.26. The molecule has 0 aliphatic rings. The molecule has 33 heavy (non-hydrogen) atoms. The van der Waals surface area contributed by atoms with Crippen molar-refractivity contribution in [2.45, 2.75) is 79.3 Å². The van der Waals surface area contributed by atoms with Crippen molar-refractivity contribution in [2.24, 2.45) is 0 Å². The minimum atomic E-state index is -0.344. The standard InChI is InChI=1S/C25H39N5O3/c1-10-33-19-13-11-18(12-14-19)26-23(32)29(17(2)3)16-22(31)27-21-15-20(24(4,5)6)28-30(21)25(7,8)9/h11-15,17H,10,16H2,1-9H3,(H,26,32)(H,27,31). The predicted octanol–water partition coefficient (Wildman–Crippen LogP) is 5.22. The Kier molecular flexibility index (Phi) is 8.16. The van der Waals surface area contributed by atoms with Crippen molar-refractivity contribution in [2.75, 3.05) is 23.8 Å². The zero-order chi connectivity index (χ0) is 25.0. The number of hydrogen-bond acceptors (Lipinski definition) is 4. The molecule has 0 bridgehead atoms. The second-order valence-corrected chi connectivity index (χ2v) is 10.4. The number of hydrogen-bond donors (Lipinski definition) is 2. The first-order valence-electron chi connectivity index (χ1n) is 11.4. The summed E-state index contributed by atoms with van der Waals surface area (Å²) in [6.07, 6.45) is 0. The molecule has 0 saturated heterocycles. The minimum absolute atomic E-state index is 0.0826. The number of anilines is 2. The first-order chi connectivity index (χ1) is 15.2. The number of benzene rings is 1. The molecule has 1 aromatic carbocycles. The van der Waals surface area contributed by atoms with Gasteiger partial charge in [-0.15, -0.1) is 0 Å². The van der Waals surface area contributed by atoms with Crippen LogP contribution in [0.4, 0.5) is 16.3 Å². The lowest BCUT2D eigenvalue weighted by Crippen LogP contribution is -2.45. The van der Waals surface area contributed by atoms with Gasteiger partial charge in [0.05, 0.1) is 17.8 Å². The Bertz CT molecular complexity index is 950. The van der Waals surface area contributed by atoms with Crippen molar-refractivity contribution in [3.63, 3.8) is 0 Å². The summed E-state index contributed by atoms with van der Waals surface area (Å²) in [5.41, 5.74) is 1.06. The minimum Gasteiger partial charge on any atom is -0.494 e. The topological polar surface area (TPSA) is 88.5 Å². The van der Waals surface area contributed by atoms with E-state index in [1.54, 1.807) is 24.3 Å². The van der Waals surface area contributed by atoms with E-state index in [1.165, 1.54) is 4.90 Å². The van der Waals surface area contributed by atoms with E-state index in [1.807, 2.05) is 52.3 Å². The van der Waals surface area contributed by atoms with Gasteiger partial charge in [-0.25, -0.2) is 9.48 Å². The Labute approximate surface area is 197 Å². The Hall–Kier alpha value is -3.03. The van der Waals surface area contributed by atoms with Crippen molar-refractivity contribution < 1.29 is 14.3 Å². The molecule has 0 spiro atoms. The Balaban J connectivity index is 2.14. The summed E-state index contributed by atoms with van der Waals surface area (Å²) in [6.45, 7) is 18.5. The molecule has 0 atom stereocenters. The fourth-order valence-corrected chi connectivity index (χ4v) is 3.17. The lowest BCUT2D eigenvalue weighted by atomic mass is 9.92. The first kappa shape index (κ1) is 26.2. The van der Waals surface area contributed by atoms with Gasteiger partial charge in [-0.2, -0.15) is 5.10 Å². The number of rotatable bonds is 7. The van der Waals surface area contributed by atoms with Gasteiger partial charge in [-0.05, 0) is 65.8 Å². The van der Waals surface area contributed by atoms with E-state index in [0.29, 0.717) is 18.1 Å². The van der Waals surface area contributed by atoms with Gasteiger partial charge in [0.2, 0.25) is 5.91 Å². The lowest BCUT2D eigenvalue weighted by molar-refractivity contribution is -0.117. The van der Waals surface area contributed by atoms with Crippen LogP contribution in [0.3, 0.4) is 0 Å². The zero-order valence-electron chi connectivity index (χ0n) is 21.4. The maximum absolute atomic E-state index is 12.9. The molecule has 1 heterocycles. The molecule has 0 fully saturated rings. The largest absolute Gasteiger partial charge is 0.494 e. The highest BCUT2D eigenvalue weighted by Crippen LogP contribution is 2.28. The predicted molar refractivity (Wildman–Crippen MR) is 133 cm³/mol. The maximum atomic E-state index is 12.9. The van der Waals surface area contributed by atoms with Crippen molar-refractivity contribution >= 4 is 23.4 Å². The molecule has 0 aliphatic carbocycles. The Morgan fingerprint density at radius 2 is 1.67 bits per heavy atom. The molecule has 0 aliphatic heterocycles. The van der Waals surface area contributed by atoms with Crippen molar-refractivity contribution in [3.8, 4) is 5.75 Å². The Morgan fingerprint density at radius 3 is 2.15 bits per heavy atom. The third-order valence-corrected chi connectivity index (χ3v) is 5.00. The molecular formula is C25H39N5O3. The normalized spacial score (nSPS) is 11.9. The van der Waals surface area contributed by atoms with Crippen LogP contribution in [0.5, 0.6) is 5.75 Å². The second-order valence-electron chi connectivity index (χ2n) is 10.4. The molecule has 2 rings (SSSR count). The maximum Gasteiger partial charge on any atom is 0.322 e. The van der Waals surface area contributed by atoms with Crippen LogP contribution in [0.2, 0.25) is 0 Å². The van der Waals surface area contributed by atoms with Gasteiger partial charge in [0.15, 0.2) is 0 Å². The average molecular weight is 458 g/mol. The molecule has 0 saturated carbocycles. The summed E-state index contributed by atoms with van der Waals surface area (Å²) in [5.74, 6) is 1.07. The van der Waals surface area contributed by atoms with Crippen molar-refractivity contribution in [3.05, 3.63) is 36.0 Å². The number of carbonyl (C=O) groups is 2. The van der Waals surface area contributed by atoms with E-state index in [0.717, 1.165) is 11.4 Å². The molecule has 3 amide bonds. The van der Waals surface area contributed by atoms with E-state index >= 15 is 0 Å². The number of nitrogens with one attached hydrogen (secondary N) is 2. The van der Waals surface area contributed by atoms with E-state index < -0.39 is 0 Å². The van der Waals surface area contributed by atoms with E-state index in [2.05, 4.69) is 31.4 Å². The highest BCUT2D eigenvalue weighted by molar-refractivity contribution is 5.96. The molecule has 0 unspecified atom stereocenters. The monoisotopic (exact) mass is 457 g/mol. The summed E-state index contributed by atoms with van der Waals surface area (Å²) in [4.78, 5) is 27.3. The van der Waals surface area contributed by atoms with Crippen LogP contribution in [0.25, 0.3) is 0 Å². The molecule has 8 heteroatoms. The smallest absolute Gasteiger partial charge is 0.322 e. The molecular weight excluding hydrogens is 418 g/mol. The summed E-state index contributed by atoms with van der Waals surface area (Å²) in [7, 11) is 0. The van der Waals surface area contributed by atoms with Crippen LogP contribution in [0, 0.1) is 0 Å². The van der Waals surface area contributed by atoms with Crippen LogP contribution in [0.15, 0.2) is 30.3 Å². The highest BCUT2D eigenvalue weighted by atomic mass is 16.5. The van der Waals surface area contributed by atoms with Gasteiger partial charge in [0, 0.05) is 23.2 Å². The van der Waals surface area contributed by atoms with Crippen LogP contribution < -0.4 is 15.4 Å². The van der Waals surface area contributed by atoms with Crippen LogP contribution in [0.1, 0.15) is 68.0 Å². The van der Waals surface area contributed by atoms with E-state index in [4.69, 9.17) is 9.84 Å². The highest BCUT2D eigenvalue weighted by Gasteiger charge is 2.27. The van der Waals surface area contributed by atoms with Gasteiger partial charge in [-0.3, -0.25) is 4.79 Å². The molecule has 2 aromatic rings. The van der Waals surface area contributed by atoms with Crippen LogP contribution in [-0.2, 0) is 15.7 Å². The average Bonchev–Trinajstić information content (AvgIpc) is 3.12. The zero-order valence-corrected chi connectivity index (χ0v) is 21.4. The fourth-order valence-electron chi connectivity index (χ4n) is 3.17. The number of carbonyl (C=O) groups excluding carboxylic acids is 2. The number of ether oxygens (including phenoxy) is 1. The fraction of sp³-hybridized carbons (Fsp3) is 0.560. The first-order valence-corrected chi connectivity index (χ1v) is 11.4. The Morgan fingerprint density at radius 1 is 1.06 bits per heavy atom. The van der Waals surface area contributed by atoms with Crippen molar-refractivity contribution in [1.82, 2.24) is 14.7 Å². The van der Waals surface area contributed by atoms with Crippen LogP contribution >= 0.6 is 0 Å². The number of amides is 3. The number of urea groups is 1. The SMILES string of the molecule is CCOc1ccc(NC(=O)N(CC(=O)Nc2cc(C(C)(C)C)nn2C(C)(C)C)C(C)C)cc1. The van der Waals surface area contributed by atoms with E-state index in [9.17, 15) is 9.59 Å². The lowest BCUT2D eigenvalue weighted by Gasteiger charge is -2.27. The third kappa shape index (κ3) is 7.23. The summed E-state index contributed by atoms with van der Waals surface area (Å²) in [5, 5.41) is 10.5. The quantitative estimate of drug-likeness (QED) is 0.597. The summed E-state index contributed by atoms with van der Waals surface area (Å²) >= 11 is 0. The summed E-state index contributed by atoms with van der Waals surface area (Å²) in [6, 6.07) is 8.54. The molecule has 1 aromatic heterocycles. The van der Waals surface area contributed by atoms with Gasteiger partial charge in [0.1, 0.15) is 18.1 Å². The molecule has 2 N–H and O–H groups in total. The van der Waals surface area contributed by atoms with Crippen molar-refractivity contribution in [1.29, 1.82) is 0 Å². The van der Waals surface area contributed by atoms with Gasteiger partial charge >= 0.3 is 6.03 Å². The van der Waals surface area contributed by atoms with Gasteiger partial charge < -0.3 is 20.3 Å².